The van der Waals surface area contributed by atoms with Gasteiger partial charge in [-0.05, 0) is 37.5 Å². The molecule has 1 saturated carbocycles. The Hall–Kier alpha value is -2.77. The van der Waals surface area contributed by atoms with Gasteiger partial charge in [-0.1, -0.05) is 50.3 Å². The first kappa shape index (κ1) is 21.5. The standard InChI is InChI=1S/C24H28FN4O2/c1-4-21-22(14-26-17(3)27-21)31-15-24(18-8-6-5-7-9-18)13-23(24)29(30)28-19-10-11-20(25)16(2)12-19/h5-12,14,16,20,23,28H,4,13,15H2,1-3H3/q-1/t16?,20?,23-,24-/m1/s1. The number of hydrogen-bond acceptors (Lipinski definition) is 6. The predicted octanol–water partition coefficient (Wildman–Crippen LogP) is 4.17. The molecule has 31 heavy (non-hydrogen) atoms. The van der Waals surface area contributed by atoms with E-state index in [-0.39, 0.29) is 12.0 Å². The van der Waals surface area contributed by atoms with Crippen molar-refractivity contribution in [3.8, 4) is 5.75 Å². The van der Waals surface area contributed by atoms with Crippen LogP contribution in [0, 0.1) is 18.0 Å². The molecule has 2 aliphatic rings. The lowest BCUT2D eigenvalue weighted by Gasteiger charge is -2.34. The molecule has 7 heteroatoms. The van der Waals surface area contributed by atoms with Crippen molar-refractivity contribution in [3.05, 3.63) is 82.7 Å². The molecule has 0 aliphatic heterocycles. The summed E-state index contributed by atoms with van der Waals surface area (Å²) in [6.45, 7) is 6.02. The Bertz CT molecular complexity index is 981. The molecule has 4 atom stereocenters. The number of hydroxylamine groups is 1. The number of aryl methyl sites for hydroxylation is 2. The van der Waals surface area contributed by atoms with Gasteiger partial charge < -0.3 is 15.4 Å². The summed E-state index contributed by atoms with van der Waals surface area (Å²) in [7, 11) is 0. The van der Waals surface area contributed by atoms with E-state index in [9.17, 15) is 9.60 Å². The molecule has 1 fully saturated rings. The highest BCUT2D eigenvalue weighted by Crippen LogP contribution is 2.51. The fourth-order valence-electron chi connectivity index (χ4n) is 4.08. The summed E-state index contributed by atoms with van der Waals surface area (Å²) in [5.41, 5.74) is 4.97. The second kappa shape index (κ2) is 8.77. The van der Waals surface area contributed by atoms with Crippen LogP contribution in [0.15, 0.2) is 60.5 Å². The first-order valence-corrected chi connectivity index (χ1v) is 10.7. The van der Waals surface area contributed by atoms with Crippen LogP contribution >= 0.6 is 0 Å². The SMILES string of the molecule is CCc1nc(C)ncc1OC[C@@]1(c2ccccc2)C[C@H]1N([O-])NC1=CC(C)C(F)C=C1. The maximum atomic E-state index is 13.7. The lowest BCUT2D eigenvalue weighted by Crippen LogP contribution is -2.39. The minimum absolute atomic E-state index is 0.267. The third-order valence-electron chi connectivity index (χ3n) is 6.08. The molecule has 164 valence electrons. The molecule has 0 saturated heterocycles. The Morgan fingerprint density at radius 1 is 1.32 bits per heavy atom. The Kier molecular flexibility index (Phi) is 6.07. The van der Waals surface area contributed by atoms with Crippen molar-refractivity contribution in [2.24, 2.45) is 5.92 Å². The van der Waals surface area contributed by atoms with Crippen LogP contribution in [0.25, 0.3) is 0 Å². The van der Waals surface area contributed by atoms with Gasteiger partial charge in [0.1, 0.15) is 12.0 Å². The smallest absolute Gasteiger partial charge is 0.159 e. The van der Waals surface area contributed by atoms with Crippen molar-refractivity contribution in [1.82, 2.24) is 20.6 Å². The highest BCUT2D eigenvalue weighted by atomic mass is 19.1. The molecule has 0 spiro atoms. The average Bonchev–Trinajstić information content (AvgIpc) is 3.52. The summed E-state index contributed by atoms with van der Waals surface area (Å²) in [5.74, 6) is 1.09. The molecule has 1 heterocycles. The third kappa shape index (κ3) is 4.48. The van der Waals surface area contributed by atoms with Gasteiger partial charge in [0.05, 0.1) is 18.5 Å². The molecule has 6 nitrogen and oxygen atoms in total. The molecule has 1 aromatic carbocycles. The summed E-state index contributed by atoms with van der Waals surface area (Å²) >= 11 is 0. The van der Waals surface area contributed by atoms with Crippen molar-refractivity contribution < 1.29 is 9.13 Å². The number of hydrogen-bond donors (Lipinski definition) is 1. The Morgan fingerprint density at radius 2 is 2.10 bits per heavy atom. The Balaban J connectivity index is 1.52. The van der Waals surface area contributed by atoms with Gasteiger partial charge in [0.2, 0.25) is 0 Å². The fraction of sp³-hybridized carbons (Fsp3) is 0.417. The molecule has 2 unspecified atom stereocenters. The molecule has 1 aromatic heterocycles. The lowest BCUT2D eigenvalue weighted by molar-refractivity contribution is 0.219. The molecule has 4 rings (SSSR count). The molecule has 0 bridgehead atoms. The van der Waals surface area contributed by atoms with Gasteiger partial charge in [0, 0.05) is 23.1 Å². The van der Waals surface area contributed by atoms with Crippen LogP contribution in [0.2, 0.25) is 0 Å². The van der Waals surface area contributed by atoms with Gasteiger partial charge in [-0.25, -0.2) is 14.4 Å². The quantitative estimate of drug-likeness (QED) is 0.643. The average molecular weight is 424 g/mol. The van der Waals surface area contributed by atoms with E-state index >= 15 is 0 Å². The van der Waals surface area contributed by atoms with Gasteiger partial charge in [0.15, 0.2) is 5.75 Å². The minimum Gasteiger partial charge on any atom is -0.767 e. The first-order valence-electron chi connectivity index (χ1n) is 10.7. The van der Waals surface area contributed by atoms with Gasteiger partial charge in [-0.3, -0.25) is 5.17 Å². The topological polar surface area (TPSA) is 73.3 Å². The number of aromatic nitrogens is 2. The third-order valence-corrected chi connectivity index (χ3v) is 6.08. The van der Waals surface area contributed by atoms with Crippen LogP contribution in [-0.2, 0) is 11.8 Å². The largest absolute Gasteiger partial charge is 0.767 e. The summed E-state index contributed by atoms with van der Waals surface area (Å²) in [4.78, 5) is 8.72. The number of benzene rings is 1. The van der Waals surface area contributed by atoms with E-state index in [0.29, 0.717) is 30.3 Å². The second-order valence-corrected chi connectivity index (χ2v) is 8.33. The van der Waals surface area contributed by atoms with E-state index in [4.69, 9.17) is 4.74 Å². The first-order chi connectivity index (χ1) is 14.9. The summed E-state index contributed by atoms with van der Waals surface area (Å²) in [6.07, 6.45) is 6.92. The number of rotatable bonds is 8. The number of halogens is 1. The molecular formula is C24H28FN4O2-. The molecule has 1 N–H and O–H groups in total. The van der Waals surface area contributed by atoms with Gasteiger partial charge >= 0.3 is 0 Å². The zero-order valence-corrected chi connectivity index (χ0v) is 18.1. The number of allylic oxidation sites excluding steroid dienone is 3. The van der Waals surface area contributed by atoms with Crippen molar-refractivity contribution in [3.63, 3.8) is 0 Å². The summed E-state index contributed by atoms with van der Waals surface area (Å²) in [6, 6.07) is 9.64. The fourth-order valence-corrected chi connectivity index (χ4v) is 4.08. The predicted molar refractivity (Wildman–Crippen MR) is 118 cm³/mol. The number of nitrogens with zero attached hydrogens (tertiary/aromatic N) is 3. The highest BCUT2D eigenvalue weighted by Gasteiger charge is 2.57. The maximum absolute atomic E-state index is 13.7. The lowest BCUT2D eigenvalue weighted by atomic mass is 9.96. The maximum Gasteiger partial charge on any atom is 0.159 e. The van der Waals surface area contributed by atoms with Gasteiger partial charge in [-0.15, -0.1) is 0 Å². The van der Waals surface area contributed by atoms with Crippen LogP contribution in [0.5, 0.6) is 5.75 Å². The van der Waals surface area contributed by atoms with E-state index in [1.807, 2.05) is 44.2 Å². The zero-order chi connectivity index (χ0) is 22.0. The van der Waals surface area contributed by atoms with E-state index in [2.05, 4.69) is 15.4 Å². The van der Waals surface area contributed by atoms with Gasteiger partial charge in [0.25, 0.3) is 0 Å². The van der Waals surface area contributed by atoms with Crippen LogP contribution in [0.4, 0.5) is 4.39 Å². The van der Waals surface area contributed by atoms with E-state index in [0.717, 1.165) is 22.9 Å². The van der Waals surface area contributed by atoms with E-state index < -0.39 is 11.6 Å². The zero-order valence-electron chi connectivity index (χ0n) is 18.1. The monoisotopic (exact) mass is 423 g/mol. The van der Waals surface area contributed by atoms with Crippen LogP contribution < -0.4 is 10.2 Å². The van der Waals surface area contributed by atoms with Crippen LogP contribution in [0.1, 0.15) is 37.4 Å². The van der Waals surface area contributed by atoms with Gasteiger partial charge in [-0.2, -0.15) is 0 Å². The van der Waals surface area contributed by atoms with Crippen molar-refractivity contribution in [1.29, 1.82) is 0 Å². The Morgan fingerprint density at radius 3 is 2.81 bits per heavy atom. The number of hydrazine groups is 1. The Labute approximate surface area is 182 Å². The second-order valence-electron chi connectivity index (χ2n) is 8.33. The number of nitrogens with one attached hydrogen (secondary N) is 1. The molecule has 0 amide bonds. The summed E-state index contributed by atoms with van der Waals surface area (Å²) in [5, 5.41) is 13.9. The van der Waals surface area contributed by atoms with Crippen molar-refractivity contribution >= 4 is 0 Å². The van der Waals surface area contributed by atoms with Crippen LogP contribution in [0.3, 0.4) is 0 Å². The molecule has 2 aromatic rings. The molecule has 0 radical (unpaired) electrons. The molecular weight excluding hydrogens is 395 g/mol. The van der Waals surface area contributed by atoms with E-state index in [1.165, 1.54) is 6.08 Å². The molecule has 2 aliphatic carbocycles. The van der Waals surface area contributed by atoms with Crippen LogP contribution in [-0.4, -0.2) is 34.0 Å². The number of ether oxygens (including phenoxy) is 1. The minimum atomic E-state index is -1.02. The number of alkyl halides is 1. The summed E-state index contributed by atoms with van der Waals surface area (Å²) < 4.78 is 19.8. The normalized spacial score (nSPS) is 27.2. The highest BCUT2D eigenvalue weighted by molar-refractivity contribution is 5.38. The van der Waals surface area contributed by atoms with Crippen molar-refractivity contribution in [2.75, 3.05) is 6.61 Å². The van der Waals surface area contributed by atoms with Crippen molar-refractivity contribution in [2.45, 2.75) is 51.2 Å². The van der Waals surface area contributed by atoms with E-state index in [1.54, 1.807) is 25.3 Å².